The minimum atomic E-state index is -0.394. The molecule has 2 N–H and O–H groups in total. The van der Waals surface area contributed by atoms with Gasteiger partial charge in [-0.15, -0.1) is 0 Å². The lowest BCUT2D eigenvalue weighted by molar-refractivity contribution is 0.0358. The van der Waals surface area contributed by atoms with Crippen molar-refractivity contribution >= 4 is 6.02 Å². The SMILES string of the molecule is CC1(C)OC(N)=N[C@]12CCc1cccc(-c3cncnc3)c1C2. The van der Waals surface area contributed by atoms with E-state index < -0.39 is 5.60 Å². The van der Waals surface area contributed by atoms with E-state index >= 15 is 0 Å². The van der Waals surface area contributed by atoms with Crippen molar-refractivity contribution in [3.63, 3.8) is 0 Å². The number of rotatable bonds is 1. The maximum Gasteiger partial charge on any atom is 0.283 e. The molecule has 0 bridgehead atoms. The number of nitrogens with two attached hydrogens (primary N) is 1. The second-order valence-corrected chi connectivity index (χ2v) is 6.84. The third kappa shape index (κ3) is 2.11. The van der Waals surface area contributed by atoms with Crippen molar-refractivity contribution in [1.82, 2.24) is 9.97 Å². The lowest BCUT2D eigenvalue weighted by Gasteiger charge is -2.41. The maximum atomic E-state index is 5.89. The van der Waals surface area contributed by atoms with Crippen molar-refractivity contribution in [1.29, 1.82) is 0 Å². The van der Waals surface area contributed by atoms with Crippen molar-refractivity contribution in [3.05, 3.63) is 48.0 Å². The molecule has 0 saturated heterocycles. The van der Waals surface area contributed by atoms with Crippen LogP contribution in [0, 0.1) is 0 Å². The zero-order chi connectivity index (χ0) is 16.1. The van der Waals surface area contributed by atoms with Crippen molar-refractivity contribution in [2.24, 2.45) is 10.7 Å². The van der Waals surface area contributed by atoms with Gasteiger partial charge in [-0.25, -0.2) is 15.0 Å². The first-order valence-electron chi connectivity index (χ1n) is 7.91. The average molecular weight is 308 g/mol. The molecule has 0 amide bonds. The van der Waals surface area contributed by atoms with Crippen LogP contribution in [0.5, 0.6) is 0 Å². The van der Waals surface area contributed by atoms with Gasteiger partial charge in [0.2, 0.25) is 0 Å². The normalized spacial score (nSPS) is 24.9. The molecule has 0 unspecified atom stereocenters. The Morgan fingerprint density at radius 1 is 1.17 bits per heavy atom. The van der Waals surface area contributed by atoms with Gasteiger partial charge in [0.15, 0.2) is 0 Å². The van der Waals surface area contributed by atoms with Crippen LogP contribution in [0.3, 0.4) is 0 Å². The van der Waals surface area contributed by atoms with Gasteiger partial charge in [0.05, 0.1) is 0 Å². The van der Waals surface area contributed by atoms with E-state index in [9.17, 15) is 0 Å². The fraction of sp³-hybridized carbons (Fsp3) is 0.389. The summed E-state index contributed by atoms with van der Waals surface area (Å²) < 4.78 is 5.81. The lowest BCUT2D eigenvalue weighted by atomic mass is 9.69. The smallest absolute Gasteiger partial charge is 0.283 e. The van der Waals surface area contributed by atoms with E-state index in [0.717, 1.165) is 24.8 Å². The van der Waals surface area contributed by atoms with Gasteiger partial charge in [0.25, 0.3) is 6.02 Å². The molecule has 4 rings (SSSR count). The Morgan fingerprint density at radius 3 is 2.65 bits per heavy atom. The number of ether oxygens (including phenoxy) is 1. The summed E-state index contributed by atoms with van der Waals surface area (Å²) >= 11 is 0. The second kappa shape index (κ2) is 4.78. The third-order valence-corrected chi connectivity index (χ3v) is 5.23. The van der Waals surface area contributed by atoms with E-state index in [0.29, 0.717) is 6.02 Å². The first kappa shape index (κ1) is 14.2. The van der Waals surface area contributed by atoms with Gasteiger partial charge in [0.1, 0.15) is 17.5 Å². The van der Waals surface area contributed by atoms with Crippen LogP contribution in [0.2, 0.25) is 0 Å². The number of nitrogens with zero attached hydrogens (tertiary/aromatic N) is 3. The molecule has 2 aromatic rings. The molecule has 1 aliphatic carbocycles. The van der Waals surface area contributed by atoms with E-state index in [1.54, 1.807) is 6.33 Å². The van der Waals surface area contributed by atoms with E-state index in [2.05, 4.69) is 42.0 Å². The van der Waals surface area contributed by atoms with Crippen LogP contribution in [0.4, 0.5) is 0 Å². The third-order valence-electron chi connectivity index (χ3n) is 5.23. The molecule has 2 aliphatic rings. The first-order chi connectivity index (χ1) is 11.0. The van der Waals surface area contributed by atoms with Crippen LogP contribution in [0.25, 0.3) is 11.1 Å². The number of aliphatic imine (C=N–C) groups is 1. The molecular weight excluding hydrogens is 288 g/mol. The Hall–Kier alpha value is -2.43. The highest BCUT2D eigenvalue weighted by Crippen LogP contribution is 2.46. The second-order valence-electron chi connectivity index (χ2n) is 6.84. The number of benzene rings is 1. The zero-order valence-corrected chi connectivity index (χ0v) is 13.4. The number of aryl methyl sites for hydroxylation is 1. The maximum absolute atomic E-state index is 5.89. The highest BCUT2D eigenvalue weighted by molar-refractivity contribution is 5.76. The van der Waals surface area contributed by atoms with Crippen LogP contribution in [0.1, 0.15) is 31.4 Å². The standard InChI is InChI=1S/C18H20N4O/c1-17(2)18(22-16(19)23-17)7-6-12-4-3-5-14(15(12)8-18)13-9-20-11-21-10-13/h3-5,9-11H,6-8H2,1-2H3,(H2,19,22)/t18-/m0/s1. The van der Waals surface area contributed by atoms with Crippen LogP contribution in [-0.4, -0.2) is 27.1 Å². The fourth-order valence-corrected chi connectivity index (χ4v) is 3.84. The summed E-state index contributed by atoms with van der Waals surface area (Å²) in [6.45, 7) is 4.16. The number of hydrogen-bond acceptors (Lipinski definition) is 5. The van der Waals surface area contributed by atoms with Crippen molar-refractivity contribution in [2.45, 2.75) is 44.2 Å². The zero-order valence-electron chi connectivity index (χ0n) is 13.4. The van der Waals surface area contributed by atoms with E-state index in [1.165, 1.54) is 16.7 Å². The molecule has 1 aliphatic heterocycles. The molecule has 1 aromatic heterocycles. The Morgan fingerprint density at radius 2 is 1.96 bits per heavy atom. The molecular formula is C18H20N4O. The minimum absolute atomic E-state index is 0.296. The van der Waals surface area contributed by atoms with Crippen molar-refractivity contribution in [3.8, 4) is 11.1 Å². The summed E-state index contributed by atoms with van der Waals surface area (Å²) in [6, 6.07) is 6.74. The molecule has 1 atom stereocenters. The van der Waals surface area contributed by atoms with Crippen LogP contribution < -0.4 is 5.73 Å². The van der Waals surface area contributed by atoms with Gasteiger partial charge < -0.3 is 10.5 Å². The van der Waals surface area contributed by atoms with Gasteiger partial charge >= 0.3 is 0 Å². The molecule has 2 heterocycles. The summed E-state index contributed by atoms with van der Waals surface area (Å²) in [6.07, 6.45) is 8.01. The molecule has 118 valence electrons. The minimum Gasteiger partial charge on any atom is -0.457 e. The van der Waals surface area contributed by atoms with Gasteiger partial charge in [-0.05, 0) is 43.4 Å². The van der Waals surface area contributed by atoms with E-state index in [-0.39, 0.29) is 5.54 Å². The van der Waals surface area contributed by atoms with E-state index in [1.807, 2.05) is 12.4 Å². The topological polar surface area (TPSA) is 73.4 Å². The molecule has 0 saturated carbocycles. The van der Waals surface area contributed by atoms with Crippen LogP contribution in [0.15, 0.2) is 41.9 Å². The largest absolute Gasteiger partial charge is 0.457 e. The Kier molecular flexibility index (Phi) is 2.95. The van der Waals surface area contributed by atoms with Crippen LogP contribution in [-0.2, 0) is 17.6 Å². The van der Waals surface area contributed by atoms with Gasteiger partial charge in [0, 0.05) is 24.4 Å². The number of fused-ring (bicyclic) bond motifs is 1. The molecule has 0 radical (unpaired) electrons. The molecule has 0 fully saturated rings. The van der Waals surface area contributed by atoms with Gasteiger partial charge in [-0.2, -0.15) is 0 Å². The number of amidine groups is 1. The predicted molar refractivity (Wildman–Crippen MR) is 89.0 cm³/mol. The molecule has 5 nitrogen and oxygen atoms in total. The molecule has 1 aromatic carbocycles. The lowest BCUT2D eigenvalue weighted by Crippen LogP contribution is -2.50. The quantitative estimate of drug-likeness (QED) is 0.878. The van der Waals surface area contributed by atoms with Crippen molar-refractivity contribution < 1.29 is 4.74 Å². The Bertz CT molecular complexity index is 785. The Labute approximate surface area is 135 Å². The number of hydrogen-bond donors (Lipinski definition) is 1. The monoisotopic (exact) mass is 308 g/mol. The highest BCUT2D eigenvalue weighted by atomic mass is 16.5. The highest BCUT2D eigenvalue weighted by Gasteiger charge is 2.53. The summed E-state index contributed by atoms with van der Waals surface area (Å²) in [5.74, 6) is 0. The molecule has 23 heavy (non-hydrogen) atoms. The van der Waals surface area contributed by atoms with E-state index in [4.69, 9.17) is 15.5 Å². The predicted octanol–water partition coefficient (Wildman–Crippen LogP) is 2.49. The summed E-state index contributed by atoms with van der Waals surface area (Å²) in [4.78, 5) is 13.0. The molecule has 5 heteroatoms. The Balaban J connectivity index is 1.84. The summed E-state index contributed by atoms with van der Waals surface area (Å²) in [7, 11) is 0. The van der Waals surface area contributed by atoms with Gasteiger partial charge in [-0.3, -0.25) is 0 Å². The number of aromatic nitrogens is 2. The average Bonchev–Trinajstić information content (AvgIpc) is 2.75. The fourth-order valence-electron chi connectivity index (χ4n) is 3.84. The van der Waals surface area contributed by atoms with Crippen LogP contribution >= 0.6 is 0 Å². The summed E-state index contributed by atoms with van der Waals surface area (Å²) in [5.41, 5.74) is 10.1. The summed E-state index contributed by atoms with van der Waals surface area (Å²) in [5, 5.41) is 0. The first-order valence-corrected chi connectivity index (χ1v) is 7.91. The van der Waals surface area contributed by atoms with Gasteiger partial charge in [-0.1, -0.05) is 18.2 Å². The molecule has 1 spiro atoms. The van der Waals surface area contributed by atoms with Crippen molar-refractivity contribution in [2.75, 3.05) is 0 Å².